The predicted molar refractivity (Wildman–Crippen MR) is 112 cm³/mol. The first-order chi connectivity index (χ1) is 14.8. The zero-order chi connectivity index (χ0) is 22.1. The highest BCUT2D eigenvalue weighted by Crippen LogP contribution is 2.37. The van der Waals surface area contributed by atoms with E-state index in [0.29, 0.717) is 17.3 Å². The molecule has 2 aliphatic rings. The van der Waals surface area contributed by atoms with E-state index < -0.39 is 18.0 Å². The lowest BCUT2D eigenvalue weighted by Crippen LogP contribution is -2.43. The van der Waals surface area contributed by atoms with Crippen molar-refractivity contribution in [2.24, 2.45) is 11.8 Å². The van der Waals surface area contributed by atoms with Crippen LogP contribution in [-0.4, -0.2) is 51.7 Å². The van der Waals surface area contributed by atoms with Crippen molar-refractivity contribution in [2.45, 2.75) is 51.6 Å². The van der Waals surface area contributed by atoms with Crippen LogP contribution >= 0.6 is 0 Å². The average Bonchev–Trinajstić information content (AvgIpc) is 3.18. The van der Waals surface area contributed by atoms with Gasteiger partial charge in [0.25, 0.3) is 0 Å². The molecular weight excluding hydrogens is 403 g/mol. The van der Waals surface area contributed by atoms with Crippen molar-refractivity contribution >= 4 is 23.0 Å². The lowest BCUT2D eigenvalue weighted by atomic mass is 9.79. The van der Waals surface area contributed by atoms with E-state index in [1.807, 2.05) is 0 Å². The quantitative estimate of drug-likeness (QED) is 0.682. The SMILES string of the molecule is CC(=O)NC(c1nc2c(F)c(C3COCCN3C(=O)O)ccc2[nH]1)C1CCC(C)CC1. The van der Waals surface area contributed by atoms with Crippen LogP contribution in [0.25, 0.3) is 11.0 Å². The molecule has 2 heterocycles. The Morgan fingerprint density at radius 3 is 2.74 bits per heavy atom. The second-order valence-electron chi connectivity index (χ2n) is 8.75. The summed E-state index contributed by atoms with van der Waals surface area (Å²) >= 11 is 0. The molecule has 2 fully saturated rings. The summed E-state index contributed by atoms with van der Waals surface area (Å²) in [5.74, 6) is 0.732. The van der Waals surface area contributed by atoms with E-state index in [1.54, 1.807) is 12.1 Å². The Kier molecular flexibility index (Phi) is 6.13. The minimum absolute atomic E-state index is 0.0980. The number of hydrogen-bond donors (Lipinski definition) is 3. The second-order valence-corrected chi connectivity index (χ2v) is 8.75. The molecule has 168 valence electrons. The van der Waals surface area contributed by atoms with Crippen molar-refractivity contribution in [3.8, 4) is 0 Å². The third kappa shape index (κ3) is 4.37. The maximum Gasteiger partial charge on any atom is 0.407 e. The molecular formula is C22H29FN4O4. The number of carbonyl (C=O) groups is 2. The summed E-state index contributed by atoms with van der Waals surface area (Å²) in [6.45, 7) is 4.28. The first-order valence-electron chi connectivity index (χ1n) is 10.9. The van der Waals surface area contributed by atoms with Gasteiger partial charge in [-0.2, -0.15) is 0 Å². The van der Waals surface area contributed by atoms with Crippen LogP contribution in [0.2, 0.25) is 0 Å². The molecule has 1 aliphatic carbocycles. The number of imidazole rings is 1. The smallest absolute Gasteiger partial charge is 0.407 e. The Balaban J connectivity index is 1.69. The van der Waals surface area contributed by atoms with E-state index in [1.165, 1.54) is 11.8 Å². The number of nitrogens with zero attached hydrogens (tertiary/aromatic N) is 2. The van der Waals surface area contributed by atoms with Crippen LogP contribution in [0.15, 0.2) is 12.1 Å². The molecule has 2 atom stereocenters. The fourth-order valence-corrected chi connectivity index (χ4v) is 4.82. The third-order valence-corrected chi connectivity index (χ3v) is 6.56. The van der Waals surface area contributed by atoms with E-state index in [0.717, 1.165) is 25.7 Å². The summed E-state index contributed by atoms with van der Waals surface area (Å²) in [5, 5.41) is 12.5. The number of fused-ring (bicyclic) bond motifs is 1. The zero-order valence-corrected chi connectivity index (χ0v) is 17.9. The molecule has 1 aliphatic heterocycles. The molecule has 2 unspecified atom stereocenters. The van der Waals surface area contributed by atoms with Crippen molar-refractivity contribution in [2.75, 3.05) is 19.8 Å². The molecule has 1 saturated carbocycles. The van der Waals surface area contributed by atoms with E-state index in [4.69, 9.17) is 4.74 Å². The molecule has 1 aromatic carbocycles. The number of nitrogens with one attached hydrogen (secondary N) is 2. The molecule has 0 radical (unpaired) electrons. The molecule has 2 aromatic rings. The average molecular weight is 432 g/mol. The molecule has 31 heavy (non-hydrogen) atoms. The molecule has 8 nitrogen and oxygen atoms in total. The van der Waals surface area contributed by atoms with Crippen LogP contribution in [0.1, 0.15) is 63.0 Å². The minimum atomic E-state index is -1.10. The van der Waals surface area contributed by atoms with Crippen molar-refractivity contribution in [1.29, 1.82) is 0 Å². The van der Waals surface area contributed by atoms with Gasteiger partial charge in [0.1, 0.15) is 11.3 Å². The molecule has 0 spiro atoms. The summed E-state index contributed by atoms with van der Waals surface area (Å²) < 4.78 is 20.9. The number of amides is 2. The van der Waals surface area contributed by atoms with Gasteiger partial charge in [-0.25, -0.2) is 14.2 Å². The summed E-state index contributed by atoms with van der Waals surface area (Å²) in [6.07, 6.45) is 3.03. The number of aromatic nitrogens is 2. The van der Waals surface area contributed by atoms with E-state index in [2.05, 4.69) is 22.2 Å². The van der Waals surface area contributed by atoms with E-state index >= 15 is 4.39 Å². The Morgan fingerprint density at radius 1 is 1.32 bits per heavy atom. The Hall–Kier alpha value is -2.68. The highest BCUT2D eigenvalue weighted by atomic mass is 19.1. The molecule has 1 saturated heterocycles. The first-order valence-corrected chi connectivity index (χ1v) is 10.9. The van der Waals surface area contributed by atoms with Crippen LogP contribution in [-0.2, 0) is 9.53 Å². The number of aromatic amines is 1. The number of halogens is 1. The van der Waals surface area contributed by atoms with E-state index in [-0.39, 0.29) is 48.7 Å². The highest BCUT2D eigenvalue weighted by molar-refractivity contribution is 5.78. The van der Waals surface area contributed by atoms with Crippen molar-refractivity contribution in [1.82, 2.24) is 20.2 Å². The van der Waals surface area contributed by atoms with Crippen LogP contribution in [0.5, 0.6) is 0 Å². The number of benzene rings is 1. The van der Waals surface area contributed by atoms with Gasteiger partial charge in [0.15, 0.2) is 5.82 Å². The standard InChI is InChI=1S/C22H29FN4O4/c1-12-3-5-14(6-4-12)19(24-13(2)28)21-25-16-8-7-15(18(23)20(16)26-21)17-11-31-10-9-27(17)22(29)30/h7-8,12,14,17,19H,3-6,9-11H2,1-2H3,(H,24,28)(H,25,26)(H,29,30). The fourth-order valence-electron chi connectivity index (χ4n) is 4.82. The van der Waals surface area contributed by atoms with Gasteiger partial charge in [-0.15, -0.1) is 0 Å². The predicted octanol–water partition coefficient (Wildman–Crippen LogP) is 3.76. The van der Waals surface area contributed by atoms with Crippen molar-refractivity contribution in [3.63, 3.8) is 0 Å². The largest absolute Gasteiger partial charge is 0.465 e. The van der Waals surface area contributed by atoms with Crippen LogP contribution in [0.4, 0.5) is 9.18 Å². The van der Waals surface area contributed by atoms with Gasteiger partial charge in [-0.3, -0.25) is 9.69 Å². The number of rotatable bonds is 4. The normalized spacial score (nSPS) is 25.4. The topological polar surface area (TPSA) is 108 Å². The highest BCUT2D eigenvalue weighted by Gasteiger charge is 2.33. The summed E-state index contributed by atoms with van der Waals surface area (Å²) in [5.41, 5.74) is 0.924. The van der Waals surface area contributed by atoms with Crippen molar-refractivity contribution in [3.05, 3.63) is 29.3 Å². The van der Waals surface area contributed by atoms with Gasteiger partial charge < -0.3 is 20.1 Å². The van der Waals surface area contributed by atoms with Gasteiger partial charge in [-0.1, -0.05) is 25.8 Å². The second kappa shape index (κ2) is 8.82. The summed E-state index contributed by atoms with van der Waals surface area (Å²) in [7, 11) is 0. The minimum Gasteiger partial charge on any atom is -0.465 e. The molecule has 0 bridgehead atoms. The number of H-pyrrole nitrogens is 1. The molecule has 3 N–H and O–H groups in total. The maximum atomic E-state index is 15.5. The van der Waals surface area contributed by atoms with Gasteiger partial charge in [0.05, 0.1) is 30.8 Å². The maximum absolute atomic E-state index is 15.5. The number of carbonyl (C=O) groups excluding carboxylic acids is 1. The monoisotopic (exact) mass is 432 g/mol. The number of carboxylic acid groups (broad SMARTS) is 1. The first kappa shape index (κ1) is 21.5. The lowest BCUT2D eigenvalue weighted by Gasteiger charge is -2.33. The van der Waals surface area contributed by atoms with Gasteiger partial charge >= 0.3 is 6.09 Å². The molecule has 1 aromatic heterocycles. The fraction of sp³-hybridized carbons (Fsp3) is 0.591. The van der Waals surface area contributed by atoms with Gasteiger partial charge in [0.2, 0.25) is 5.91 Å². The lowest BCUT2D eigenvalue weighted by molar-refractivity contribution is -0.120. The Bertz CT molecular complexity index is 970. The molecule has 2 amide bonds. The van der Waals surface area contributed by atoms with Crippen LogP contribution in [0.3, 0.4) is 0 Å². The Labute approximate surface area is 180 Å². The van der Waals surface area contributed by atoms with Gasteiger partial charge in [-0.05, 0) is 30.7 Å². The third-order valence-electron chi connectivity index (χ3n) is 6.56. The van der Waals surface area contributed by atoms with Crippen LogP contribution in [0, 0.1) is 17.7 Å². The van der Waals surface area contributed by atoms with Gasteiger partial charge in [0, 0.05) is 19.0 Å². The zero-order valence-electron chi connectivity index (χ0n) is 17.9. The number of hydrogen-bond acceptors (Lipinski definition) is 4. The van der Waals surface area contributed by atoms with Crippen LogP contribution < -0.4 is 5.32 Å². The Morgan fingerprint density at radius 2 is 2.06 bits per heavy atom. The van der Waals surface area contributed by atoms with E-state index in [9.17, 15) is 14.7 Å². The number of morpholine rings is 1. The number of ether oxygens (including phenoxy) is 1. The molecule has 4 rings (SSSR count). The summed E-state index contributed by atoms with van der Waals surface area (Å²) in [4.78, 5) is 32.4. The summed E-state index contributed by atoms with van der Waals surface area (Å²) in [6, 6.07) is 2.27. The van der Waals surface area contributed by atoms with Crippen molar-refractivity contribution < 1.29 is 23.8 Å². The molecule has 9 heteroatoms.